The van der Waals surface area contributed by atoms with Crippen LogP contribution in [-0.4, -0.2) is 25.0 Å². The van der Waals surface area contributed by atoms with E-state index >= 15 is 0 Å². The van der Waals surface area contributed by atoms with Gasteiger partial charge in [-0.1, -0.05) is 6.07 Å². The molecule has 0 bridgehead atoms. The molecule has 0 radical (unpaired) electrons. The molecule has 0 saturated heterocycles. The number of ether oxygens (including phenoxy) is 2. The molecule has 0 aromatic heterocycles. The zero-order chi connectivity index (χ0) is 10.8. The van der Waals surface area contributed by atoms with Crippen LogP contribution in [0.3, 0.4) is 0 Å². The lowest BCUT2D eigenvalue weighted by molar-refractivity contribution is 0.0957. The number of nitrogens with two attached hydrogens (primary N) is 1. The van der Waals surface area contributed by atoms with Crippen molar-refractivity contribution in [2.24, 2.45) is 5.73 Å². The first kappa shape index (κ1) is 9.98. The Morgan fingerprint density at radius 1 is 1.40 bits per heavy atom. The van der Waals surface area contributed by atoms with Gasteiger partial charge in [-0.15, -0.1) is 0 Å². The van der Waals surface area contributed by atoms with Crippen LogP contribution in [0.2, 0.25) is 0 Å². The number of para-hydroxylation sites is 1. The van der Waals surface area contributed by atoms with Gasteiger partial charge in [-0.2, -0.15) is 0 Å². The summed E-state index contributed by atoms with van der Waals surface area (Å²) in [4.78, 5) is 11.8. The third-order valence-electron chi connectivity index (χ3n) is 2.25. The van der Waals surface area contributed by atoms with Gasteiger partial charge < -0.3 is 15.2 Å². The van der Waals surface area contributed by atoms with Crippen LogP contribution in [0.15, 0.2) is 18.2 Å². The maximum atomic E-state index is 11.8. The Labute approximate surface area is 88.0 Å². The second-order valence-electron chi connectivity index (χ2n) is 3.48. The van der Waals surface area contributed by atoms with Gasteiger partial charge in [-0.05, 0) is 19.1 Å². The topological polar surface area (TPSA) is 61.6 Å². The van der Waals surface area contributed by atoms with Crippen LogP contribution in [0, 0.1) is 0 Å². The highest BCUT2D eigenvalue weighted by Gasteiger charge is 2.21. The number of fused-ring (bicyclic) bond motifs is 1. The minimum Gasteiger partial charge on any atom is -0.486 e. The quantitative estimate of drug-likeness (QED) is 0.734. The molecule has 1 aliphatic heterocycles. The molecule has 1 aliphatic rings. The summed E-state index contributed by atoms with van der Waals surface area (Å²) in [6.45, 7) is 2.64. The first-order chi connectivity index (χ1) is 7.20. The van der Waals surface area contributed by atoms with Gasteiger partial charge in [0.1, 0.15) is 13.2 Å². The molecule has 2 rings (SSSR count). The monoisotopic (exact) mass is 207 g/mol. The molecule has 0 spiro atoms. The third-order valence-corrected chi connectivity index (χ3v) is 2.25. The Morgan fingerprint density at radius 2 is 2.13 bits per heavy atom. The minimum absolute atomic E-state index is 0.127. The molecule has 0 fully saturated rings. The van der Waals surface area contributed by atoms with Gasteiger partial charge in [0, 0.05) is 0 Å². The Morgan fingerprint density at radius 3 is 2.87 bits per heavy atom. The van der Waals surface area contributed by atoms with E-state index < -0.39 is 6.04 Å². The first-order valence-electron chi connectivity index (χ1n) is 4.88. The van der Waals surface area contributed by atoms with Crippen LogP contribution in [-0.2, 0) is 0 Å². The summed E-state index contributed by atoms with van der Waals surface area (Å²) in [5, 5.41) is 0. The maximum Gasteiger partial charge on any atom is 0.183 e. The van der Waals surface area contributed by atoms with Gasteiger partial charge in [0.15, 0.2) is 17.3 Å². The molecule has 1 aromatic rings. The predicted octanol–water partition coefficient (Wildman–Crippen LogP) is 0.988. The Bertz CT molecular complexity index is 387. The van der Waals surface area contributed by atoms with Crippen LogP contribution in [0.4, 0.5) is 0 Å². The van der Waals surface area contributed by atoms with E-state index in [-0.39, 0.29) is 5.78 Å². The van der Waals surface area contributed by atoms with Crippen LogP contribution in [0.25, 0.3) is 0 Å². The van der Waals surface area contributed by atoms with Crippen molar-refractivity contribution in [3.63, 3.8) is 0 Å². The summed E-state index contributed by atoms with van der Waals surface area (Å²) in [6.07, 6.45) is 0. The summed E-state index contributed by atoms with van der Waals surface area (Å²) >= 11 is 0. The van der Waals surface area contributed by atoms with Crippen LogP contribution >= 0.6 is 0 Å². The van der Waals surface area contributed by atoms with Crippen LogP contribution in [0.1, 0.15) is 17.3 Å². The normalized spacial score (nSPS) is 15.9. The molecule has 0 amide bonds. The Hall–Kier alpha value is -1.55. The van der Waals surface area contributed by atoms with Crippen molar-refractivity contribution in [1.82, 2.24) is 0 Å². The van der Waals surface area contributed by atoms with Gasteiger partial charge in [0.25, 0.3) is 0 Å². The molecule has 1 unspecified atom stereocenters. The SMILES string of the molecule is CC(N)C(=O)c1cccc2c1OCCO2. The summed E-state index contributed by atoms with van der Waals surface area (Å²) < 4.78 is 10.8. The molecular formula is C11H13NO3. The summed E-state index contributed by atoms with van der Waals surface area (Å²) in [5.74, 6) is 1.01. The van der Waals surface area contributed by atoms with E-state index in [0.717, 1.165) is 0 Å². The number of ketones is 1. The number of carbonyl (C=O) groups excluding carboxylic acids is 1. The number of hydrogen-bond donors (Lipinski definition) is 1. The summed E-state index contributed by atoms with van der Waals surface area (Å²) in [5.41, 5.74) is 6.06. The van der Waals surface area contributed by atoms with Crippen molar-refractivity contribution in [2.45, 2.75) is 13.0 Å². The average molecular weight is 207 g/mol. The molecule has 2 N–H and O–H groups in total. The highest BCUT2D eigenvalue weighted by atomic mass is 16.6. The van der Waals surface area contributed by atoms with E-state index in [4.69, 9.17) is 15.2 Å². The van der Waals surface area contributed by atoms with Crippen LogP contribution in [0.5, 0.6) is 11.5 Å². The van der Waals surface area contributed by atoms with Gasteiger partial charge in [-0.3, -0.25) is 4.79 Å². The second kappa shape index (κ2) is 3.90. The number of benzene rings is 1. The fourth-order valence-corrected chi connectivity index (χ4v) is 1.51. The number of hydrogen-bond acceptors (Lipinski definition) is 4. The zero-order valence-corrected chi connectivity index (χ0v) is 8.53. The van der Waals surface area contributed by atoms with E-state index in [1.165, 1.54) is 0 Å². The predicted molar refractivity (Wildman–Crippen MR) is 55.4 cm³/mol. The molecular weight excluding hydrogens is 194 g/mol. The van der Waals surface area contributed by atoms with Crippen molar-refractivity contribution in [1.29, 1.82) is 0 Å². The summed E-state index contributed by atoms with van der Waals surface area (Å²) in [7, 11) is 0. The Balaban J connectivity index is 2.43. The molecule has 80 valence electrons. The molecule has 0 aliphatic carbocycles. The molecule has 4 nitrogen and oxygen atoms in total. The summed E-state index contributed by atoms with van der Waals surface area (Å²) in [6, 6.07) is 4.73. The third kappa shape index (κ3) is 1.80. The lowest BCUT2D eigenvalue weighted by atomic mass is 10.0. The Kier molecular flexibility index (Phi) is 2.60. The van der Waals surface area contributed by atoms with Crippen molar-refractivity contribution < 1.29 is 14.3 Å². The lowest BCUT2D eigenvalue weighted by Gasteiger charge is -2.20. The molecule has 4 heteroatoms. The van der Waals surface area contributed by atoms with Gasteiger partial charge in [0.05, 0.1) is 11.6 Å². The van der Waals surface area contributed by atoms with E-state index in [2.05, 4.69) is 0 Å². The lowest BCUT2D eigenvalue weighted by Crippen LogP contribution is -2.28. The van der Waals surface area contributed by atoms with Crippen molar-refractivity contribution in [3.8, 4) is 11.5 Å². The van der Waals surface area contributed by atoms with Crippen molar-refractivity contribution in [2.75, 3.05) is 13.2 Å². The molecule has 1 atom stereocenters. The van der Waals surface area contributed by atoms with E-state index in [0.29, 0.717) is 30.3 Å². The van der Waals surface area contributed by atoms with E-state index in [1.54, 1.807) is 25.1 Å². The largest absolute Gasteiger partial charge is 0.486 e. The van der Waals surface area contributed by atoms with Crippen molar-refractivity contribution >= 4 is 5.78 Å². The van der Waals surface area contributed by atoms with Crippen molar-refractivity contribution in [3.05, 3.63) is 23.8 Å². The minimum atomic E-state index is -0.526. The first-order valence-corrected chi connectivity index (χ1v) is 4.88. The number of carbonyl (C=O) groups is 1. The fourth-order valence-electron chi connectivity index (χ4n) is 1.51. The van der Waals surface area contributed by atoms with E-state index in [1.807, 2.05) is 0 Å². The zero-order valence-electron chi connectivity index (χ0n) is 8.53. The highest BCUT2D eigenvalue weighted by Crippen LogP contribution is 2.33. The fraction of sp³-hybridized carbons (Fsp3) is 0.364. The average Bonchev–Trinajstić information content (AvgIpc) is 2.27. The molecule has 1 heterocycles. The number of Topliss-reactive ketones (excluding diaryl/α,β-unsaturated/α-hetero) is 1. The second-order valence-corrected chi connectivity index (χ2v) is 3.48. The molecule has 1 aromatic carbocycles. The van der Waals surface area contributed by atoms with Gasteiger partial charge in [0.2, 0.25) is 0 Å². The standard InChI is InChI=1S/C11H13NO3/c1-7(12)10(13)8-3-2-4-9-11(8)15-6-5-14-9/h2-4,7H,5-6,12H2,1H3. The van der Waals surface area contributed by atoms with E-state index in [9.17, 15) is 4.79 Å². The van der Waals surface area contributed by atoms with Gasteiger partial charge >= 0.3 is 0 Å². The molecule has 0 saturated carbocycles. The number of rotatable bonds is 2. The smallest absolute Gasteiger partial charge is 0.183 e. The van der Waals surface area contributed by atoms with Gasteiger partial charge in [-0.25, -0.2) is 0 Å². The molecule has 15 heavy (non-hydrogen) atoms. The highest BCUT2D eigenvalue weighted by molar-refractivity contribution is 6.02. The van der Waals surface area contributed by atoms with Crippen LogP contribution < -0.4 is 15.2 Å². The maximum absolute atomic E-state index is 11.8.